The Bertz CT molecular complexity index is 522. The Balaban J connectivity index is 3.07. The van der Waals surface area contributed by atoms with E-state index in [1.807, 2.05) is 0 Å². The van der Waals surface area contributed by atoms with E-state index >= 15 is 0 Å². The van der Waals surface area contributed by atoms with Crippen LogP contribution < -0.4 is 0 Å². The Labute approximate surface area is 132 Å². The molecule has 0 saturated carbocycles. The zero-order valence-electron chi connectivity index (χ0n) is 13.2. The first-order chi connectivity index (χ1) is 10.7. The van der Waals surface area contributed by atoms with E-state index in [0.29, 0.717) is 0 Å². The average Bonchev–Trinajstić information content (AvgIpc) is 2.39. The van der Waals surface area contributed by atoms with E-state index in [1.165, 1.54) is 6.92 Å². The predicted octanol–water partition coefficient (Wildman–Crippen LogP) is 0.216. The van der Waals surface area contributed by atoms with Gasteiger partial charge in [-0.1, -0.05) is 0 Å². The van der Waals surface area contributed by atoms with Crippen LogP contribution in [0.1, 0.15) is 27.7 Å². The molecular formula is C14H18O9. The molecule has 23 heavy (non-hydrogen) atoms. The van der Waals surface area contributed by atoms with Gasteiger partial charge in [-0.05, 0) is 0 Å². The van der Waals surface area contributed by atoms with Gasteiger partial charge in [0.25, 0.3) is 0 Å². The molecular weight excluding hydrogens is 312 g/mol. The molecule has 0 aliphatic carbocycles. The molecule has 0 bridgehead atoms. The predicted molar refractivity (Wildman–Crippen MR) is 72.5 cm³/mol. The van der Waals surface area contributed by atoms with Crippen molar-refractivity contribution in [3.05, 3.63) is 12.0 Å². The van der Waals surface area contributed by atoms with Gasteiger partial charge in [0, 0.05) is 27.7 Å². The largest absolute Gasteiger partial charge is 0.487 e. The minimum absolute atomic E-state index is 0.127. The fraction of sp³-hybridized carbons (Fsp3) is 0.571. The monoisotopic (exact) mass is 330 g/mol. The fourth-order valence-electron chi connectivity index (χ4n) is 1.87. The molecule has 9 heteroatoms. The average molecular weight is 330 g/mol. The summed E-state index contributed by atoms with van der Waals surface area (Å²) >= 11 is 0. The van der Waals surface area contributed by atoms with Gasteiger partial charge < -0.3 is 23.7 Å². The van der Waals surface area contributed by atoms with Gasteiger partial charge in [0.1, 0.15) is 12.9 Å². The van der Waals surface area contributed by atoms with Crippen molar-refractivity contribution in [3.63, 3.8) is 0 Å². The molecule has 9 nitrogen and oxygen atoms in total. The van der Waals surface area contributed by atoms with Crippen molar-refractivity contribution in [1.29, 1.82) is 0 Å². The summed E-state index contributed by atoms with van der Waals surface area (Å²) in [6, 6.07) is 0. The number of carbonyl (C=O) groups is 4. The van der Waals surface area contributed by atoms with Gasteiger partial charge in [-0.25, -0.2) is 0 Å². The van der Waals surface area contributed by atoms with Crippen LogP contribution in [-0.2, 0) is 42.9 Å². The van der Waals surface area contributed by atoms with Crippen LogP contribution in [0.5, 0.6) is 0 Å². The highest BCUT2D eigenvalue weighted by Crippen LogP contribution is 2.26. The highest BCUT2D eigenvalue weighted by molar-refractivity contribution is 5.69. The van der Waals surface area contributed by atoms with Crippen LogP contribution in [0.4, 0.5) is 0 Å². The van der Waals surface area contributed by atoms with Gasteiger partial charge in [0.2, 0.25) is 6.10 Å². The summed E-state index contributed by atoms with van der Waals surface area (Å²) in [5, 5.41) is 0. The maximum absolute atomic E-state index is 11.3. The molecule has 3 atom stereocenters. The third-order valence-electron chi connectivity index (χ3n) is 2.61. The lowest BCUT2D eigenvalue weighted by Crippen LogP contribution is -2.50. The smallest absolute Gasteiger partial charge is 0.307 e. The fourth-order valence-corrected chi connectivity index (χ4v) is 1.87. The summed E-state index contributed by atoms with van der Waals surface area (Å²) in [6.45, 7) is 4.41. The summed E-state index contributed by atoms with van der Waals surface area (Å²) < 4.78 is 25.2. The van der Waals surface area contributed by atoms with Crippen LogP contribution >= 0.6 is 0 Å². The molecule has 1 rings (SSSR count). The molecule has 3 unspecified atom stereocenters. The second kappa shape index (κ2) is 8.16. The van der Waals surface area contributed by atoms with Crippen LogP contribution in [0.25, 0.3) is 0 Å². The van der Waals surface area contributed by atoms with E-state index in [1.54, 1.807) is 0 Å². The van der Waals surface area contributed by atoms with Gasteiger partial charge in [-0.3, -0.25) is 19.2 Å². The Hall–Kier alpha value is -2.58. The van der Waals surface area contributed by atoms with Crippen LogP contribution in [0.2, 0.25) is 0 Å². The van der Waals surface area contributed by atoms with Crippen molar-refractivity contribution < 1.29 is 42.9 Å². The number of hydrogen-bond donors (Lipinski definition) is 0. The molecule has 1 aliphatic rings. The van der Waals surface area contributed by atoms with Crippen LogP contribution in [-0.4, -0.2) is 48.8 Å². The van der Waals surface area contributed by atoms with E-state index in [9.17, 15) is 19.2 Å². The maximum Gasteiger partial charge on any atom is 0.307 e. The summed E-state index contributed by atoms with van der Waals surface area (Å²) in [7, 11) is 0. The highest BCUT2D eigenvalue weighted by Gasteiger charge is 2.44. The molecule has 128 valence electrons. The molecule has 0 radical (unpaired) electrons. The van der Waals surface area contributed by atoms with E-state index in [0.717, 1.165) is 27.0 Å². The van der Waals surface area contributed by atoms with Crippen molar-refractivity contribution in [2.45, 2.75) is 46.0 Å². The lowest BCUT2D eigenvalue weighted by atomic mass is 10.0. The van der Waals surface area contributed by atoms with Gasteiger partial charge in [-0.15, -0.1) is 0 Å². The summed E-state index contributed by atoms with van der Waals surface area (Å²) in [4.78, 5) is 44.7. The third-order valence-corrected chi connectivity index (χ3v) is 2.61. The van der Waals surface area contributed by atoms with Crippen molar-refractivity contribution in [3.8, 4) is 0 Å². The SMILES string of the molecule is CC(=O)OCC1OC=C(OC(C)=O)C(OC(C)=O)C1OC(C)=O. The lowest BCUT2D eigenvalue weighted by Gasteiger charge is -2.35. The second-order valence-corrected chi connectivity index (χ2v) is 4.70. The van der Waals surface area contributed by atoms with Gasteiger partial charge in [-0.2, -0.15) is 0 Å². The second-order valence-electron chi connectivity index (χ2n) is 4.70. The molecule has 0 aromatic rings. The van der Waals surface area contributed by atoms with Gasteiger partial charge in [0.05, 0.1) is 0 Å². The normalized spacial score (nSPS) is 23.0. The molecule has 0 aromatic carbocycles. The molecule has 0 aromatic heterocycles. The maximum atomic E-state index is 11.3. The topological polar surface area (TPSA) is 114 Å². The minimum atomic E-state index is -1.20. The van der Waals surface area contributed by atoms with E-state index < -0.39 is 42.2 Å². The first-order valence-corrected chi connectivity index (χ1v) is 6.72. The molecule has 0 spiro atoms. The lowest BCUT2D eigenvalue weighted by molar-refractivity contribution is -0.186. The van der Waals surface area contributed by atoms with Crippen LogP contribution in [0.3, 0.4) is 0 Å². The van der Waals surface area contributed by atoms with Crippen molar-refractivity contribution in [2.75, 3.05) is 6.61 Å². The molecule has 0 amide bonds. The number of carbonyl (C=O) groups excluding carboxylic acids is 4. The van der Waals surface area contributed by atoms with Gasteiger partial charge >= 0.3 is 23.9 Å². The Morgan fingerprint density at radius 2 is 1.57 bits per heavy atom. The Morgan fingerprint density at radius 3 is 2.04 bits per heavy atom. The minimum Gasteiger partial charge on any atom is -0.487 e. The van der Waals surface area contributed by atoms with E-state index in [4.69, 9.17) is 23.7 Å². The first-order valence-electron chi connectivity index (χ1n) is 6.72. The van der Waals surface area contributed by atoms with Gasteiger partial charge in [0.15, 0.2) is 18.0 Å². The zero-order valence-corrected chi connectivity index (χ0v) is 13.2. The standard InChI is InChI=1S/C14H18O9/c1-7(15)19-5-11-13(22-9(3)17)14(23-10(4)18)12(6-20-11)21-8(2)16/h6,11,13-14H,5H2,1-4H3. The van der Waals surface area contributed by atoms with E-state index in [2.05, 4.69) is 0 Å². The third kappa shape index (κ3) is 5.97. The first kappa shape index (κ1) is 18.5. The summed E-state index contributed by atoms with van der Waals surface area (Å²) in [5.41, 5.74) is 0. The number of rotatable bonds is 5. The number of ether oxygens (including phenoxy) is 5. The molecule has 0 saturated heterocycles. The Kier molecular flexibility index (Phi) is 6.55. The molecule has 1 heterocycles. The van der Waals surface area contributed by atoms with Crippen molar-refractivity contribution in [2.24, 2.45) is 0 Å². The van der Waals surface area contributed by atoms with E-state index in [-0.39, 0.29) is 12.4 Å². The zero-order chi connectivity index (χ0) is 17.6. The molecule has 0 fully saturated rings. The van der Waals surface area contributed by atoms with Crippen LogP contribution in [0.15, 0.2) is 12.0 Å². The quantitative estimate of drug-likeness (QED) is 0.515. The van der Waals surface area contributed by atoms with Crippen LogP contribution in [0, 0.1) is 0 Å². The van der Waals surface area contributed by atoms with Crippen molar-refractivity contribution in [1.82, 2.24) is 0 Å². The summed E-state index contributed by atoms with van der Waals surface area (Å²) in [6.07, 6.45) is -2.21. The van der Waals surface area contributed by atoms with Crippen molar-refractivity contribution >= 4 is 23.9 Å². The Morgan fingerprint density at radius 1 is 0.957 bits per heavy atom. The summed E-state index contributed by atoms with van der Waals surface area (Å²) in [5.74, 6) is -2.71. The molecule has 1 aliphatic heterocycles. The highest BCUT2D eigenvalue weighted by atomic mass is 16.6. The number of hydrogen-bond acceptors (Lipinski definition) is 9. The number of esters is 4. The molecule has 0 N–H and O–H groups in total.